The number of rotatable bonds is 4. The smallest absolute Gasteiger partial charge is 0.0571 e. The number of allylic oxidation sites excluding steroid dienone is 6. The molecule has 0 heterocycles. The molecule has 1 heteroatoms. The first kappa shape index (κ1) is 22.4. The Bertz CT molecular complexity index is 741. The summed E-state index contributed by atoms with van der Waals surface area (Å²) in [6.45, 7) is 16.9. The van der Waals surface area contributed by atoms with Gasteiger partial charge in [0.15, 0.2) is 0 Å². The van der Waals surface area contributed by atoms with Crippen molar-refractivity contribution in [1.82, 2.24) is 0 Å². The fourth-order valence-corrected chi connectivity index (χ4v) is 7.94. The fraction of sp³-hybridized carbons (Fsp3) is 0.793. The van der Waals surface area contributed by atoms with Gasteiger partial charge in [-0.05, 0) is 96.4 Å². The molecule has 0 aliphatic heterocycles. The third-order valence-electron chi connectivity index (χ3n) is 10.5. The number of fused-ring (bicyclic) bond motifs is 4. The van der Waals surface area contributed by atoms with Crippen LogP contribution in [0.5, 0.6) is 0 Å². The van der Waals surface area contributed by atoms with Crippen LogP contribution in [0.15, 0.2) is 35.5 Å². The zero-order valence-corrected chi connectivity index (χ0v) is 20.6. The summed E-state index contributed by atoms with van der Waals surface area (Å²) in [6, 6.07) is 0. The van der Waals surface area contributed by atoms with Gasteiger partial charge in [-0.25, -0.2) is 0 Å². The van der Waals surface area contributed by atoms with Gasteiger partial charge in [0, 0.05) is 0 Å². The Morgan fingerprint density at radius 2 is 1.77 bits per heavy atom. The van der Waals surface area contributed by atoms with Crippen LogP contribution in [0.3, 0.4) is 0 Å². The van der Waals surface area contributed by atoms with E-state index in [0.29, 0.717) is 40.4 Å². The van der Waals surface area contributed by atoms with Gasteiger partial charge in [-0.15, -0.1) is 0 Å². The fourth-order valence-electron chi connectivity index (χ4n) is 7.94. The normalized spacial score (nSPS) is 45.4. The number of aliphatic hydroxyl groups is 1. The van der Waals surface area contributed by atoms with E-state index in [1.165, 1.54) is 32.1 Å². The molecule has 9 atom stereocenters. The number of hydrogen-bond donors (Lipinski definition) is 1. The Hall–Kier alpha value is -0.820. The first-order valence-electron chi connectivity index (χ1n) is 12.9. The average Bonchev–Trinajstić information content (AvgIpc) is 3.06. The number of hydrogen-bond acceptors (Lipinski definition) is 1. The molecule has 0 amide bonds. The van der Waals surface area contributed by atoms with Gasteiger partial charge < -0.3 is 5.11 Å². The maximum atomic E-state index is 10.5. The van der Waals surface area contributed by atoms with E-state index in [1.807, 2.05) is 0 Å². The molecule has 0 aromatic heterocycles. The van der Waals surface area contributed by atoms with Gasteiger partial charge in [0.05, 0.1) is 6.10 Å². The van der Waals surface area contributed by atoms with Crippen LogP contribution in [-0.4, -0.2) is 11.2 Å². The second-order valence-electron chi connectivity index (χ2n) is 12.3. The van der Waals surface area contributed by atoms with E-state index in [1.54, 1.807) is 11.1 Å². The maximum absolute atomic E-state index is 10.5. The highest BCUT2D eigenvalue weighted by molar-refractivity contribution is 5.42. The van der Waals surface area contributed by atoms with Crippen LogP contribution in [0.2, 0.25) is 0 Å². The number of aliphatic hydroxyl groups excluding tert-OH is 1. The van der Waals surface area contributed by atoms with E-state index >= 15 is 0 Å². The Morgan fingerprint density at radius 1 is 1.03 bits per heavy atom. The lowest BCUT2D eigenvalue weighted by molar-refractivity contribution is -0.0443. The van der Waals surface area contributed by atoms with Crippen molar-refractivity contribution < 1.29 is 5.11 Å². The standard InChI is InChI=1S/C29H46O/c1-18(2)19(3)8-9-20(4)23-12-13-25-22-10-11-24-21(5)27(30)15-17-29(24,7)26(22)14-16-28(23,25)6/h8-11,18-21,23-24,26-27,30H,12-17H2,1-7H3. The van der Waals surface area contributed by atoms with Gasteiger partial charge in [0.25, 0.3) is 0 Å². The molecule has 0 radical (unpaired) electrons. The monoisotopic (exact) mass is 410 g/mol. The van der Waals surface area contributed by atoms with Crippen molar-refractivity contribution in [2.75, 3.05) is 0 Å². The van der Waals surface area contributed by atoms with E-state index in [2.05, 4.69) is 72.8 Å². The molecule has 168 valence electrons. The lowest BCUT2D eigenvalue weighted by Gasteiger charge is -2.56. The summed E-state index contributed by atoms with van der Waals surface area (Å²) in [4.78, 5) is 0. The summed E-state index contributed by atoms with van der Waals surface area (Å²) < 4.78 is 0. The van der Waals surface area contributed by atoms with E-state index in [4.69, 9.17) is 0 Å². The lowest BCUT2D eigenvalue weighted by atomic mass is 9.49. The predicted molar refractivity (Wildman–Crippen MR) is 128 cm³/mol. The summed E-state index contributed by atoms with van der Waals surface area (Å²) in [6.07, 6.45) is 17.4. The summed E-state index contributed by atoms with van der Waals surface area (Å²) >= 11 is 0. The third kappa shape index (κ3) is 3.39. The SMILES string of the molecule is CC(C)C(C)C=CC(C)C1CCC2=C3C=CC4C(C)C(O)CCC4(C)C3CCC21C. The van der Waals surface area contributed by atoms with Crippen LogP contribution in [0.1, 0.15) is 87.0 Å². The molecule has 2 saturated carbocycles. The molecular weight excluding hydrogens is 364 g/mol. The second kappa shape index (κ2) is 7.95. The molecule has 0 saturated heterocycles. The molecule has 4 aliphatic rings. The Kier molecular flexibility index (Phi) is 5.93. The van der Waals surface area contributed by atoms with Crippen molar-refractivity contribution in [2.45, 2.75) is 93.1 Å². The van der Waals surface area contributed by atoms with Crippen LogP contribution < -0.4 is 0 Å². The summed E-state index contributed by atoms with van der Waals surface area (Å²) in [7, 11) is 0. The van der Waals surface area contributed by atoms with Crippen molar-refractivity contribution in [3.8, 4) is 0 Å². The molecule has 4 rings (SSSR count). The molecule has 4 aliphatic carbocycles. The molecular formula is C29H46O. The van der Waals surface area contributed by atoms with Crippen LogP contribution in [-0.2, 0) is 0 Å². The summed E-state index contributed by atoms with van der Waals surface area (Å²) in [5.41, 5.74) is 4.23. The molecule has 0 aromatic carbocycles. The molecule has 0 bridgehead atoms. The molecule has 9 unspecified atom stereocenters. The van der Waals surface area contributed by atoms with Gasteiger partial charge in [0.1, 0.15) is 0 Å². The predicted octanol–water partition coefficient (Wildman–Crippen LogP) is 7.58. The highest BCUT2D eigenvalue weighted by Gasteiger charge is 2.55. The molecule has 1 N–H and O–H groups in total. The van der Waals surface area contributed by atoms with E-state index in [-0.39, 0.29) is 6.10 Å². The third-order valence-corrected chi connectivity index (χ3v) is 10.5. The van der Waals surface area contributed by atoms with Gasteiger partial charge in [-0.3, -0.25) is 0 Å². The Balaban J connectivity index is 1.63. The molecule has 0 spiro atoms. The Morgan fingerprint density at radius 3 is 2.47 bits per heavy atom. The van der Waals surface area contributed by atoms with Crippen molar-refractivity contribution in [3.63, 3.8) is 0 Å². The zero-order chi connectivity index (χ0) is 21.8. The molecule has 30 heavy (non-hydrogen) atoms. The quantitative estimate of drug-likeness (QED) is 0.474. The van der Waals surface area contributed by atoms with Crippen LogP contribution in [0.4, 0.5) is 0 Å². The lowest BCUT2D eigenvalue weighted by Crippen LogP contribution is -2.50. The Labute approximate surface area is 186 Å². The minimum absolute atomic E-state index is 0.118. The van der Waals surface area contributed by atoms with E-state index in [9.17, 15) is 5.11 Å². The summed E-state index contributed by atoms with van der Waals surface area (Å²) in [5.74, 6) is 4.46. The van der Waals surface area contributed by atoms with Crippen molar-refractivity contribution in [3.05, 3.63) is 35.5 Å². The van der Waals surface area contributed by atoms with Crippen molar-refractivity contribution in [1.29, 1.82) is 0 Å². The molecule has 1 nitrogen and oxygen atoms in total. The van der Waals surface area contributed by atoms with Gasteiger partial charge in [-0.1, -0.05) is 78.3 Å². The van der Waals surface area contributed by atoms with Crippen LogP contribution >= 0.6 is 0 Å². The largest absolute Gasteiger partial charge is 0.393 e. The van der Waals surface area contributed by atoms with Crippen molar-refractivity contribution in [2.24, 2.45) is 52.3 Å². The topological polar surface area (TPSA) is 20.2 Å². The highest BCUT2D eigenvalue weighted by atomic mass is 16.3. The van der Waals surface area contributed by atoms with Gasteiger partial charge in [-0.2, -0.15) is 0 Å². The van der Waals surface area contributed by atoms with Crippen LogP contribution in [0.25, 0.3) is 0 Å². The van der Waals surface area contributed by atoms with Crippen molar-refractivity contribution >= 4 is 0 Å². The van der Waals surface area contributed by atoms with Gasteiger partial charge in [0.2, 0.25) is 0 Å². The first-order valence-corrected chi connectivity index (χ1v) is 12.9. The second-order valence-corrected chi connectivity index (χ2v) is 12.3. The minimum Gasteiger partial charge on any atom is -0.393 e. The zero-order valence-electron chi connectivity index (χ0n) is 20.6. The minimum atomic E-state index is -0.118. The molecule has 0 aromatic rings. The first-order chi connectivity index (χ1) is 14.1. The molecule has 2 fully saturated rings. The van der Waals surface area contributed by atoms with E-state index < -0.39 is 0 Å². The van der Waals surface area contributed by atoms with Gasteiger partial charge >= 0.3 is 0 Å². The highest BCUT2D eigenvalue weighted by Crippen LogP contribution is 2.64. The summed E-state index contributed by atoms with van der Waals surface area (Å²) in [5, 5.41) is 10.5. The van der Waals surface area contributed by atoms with Crippen LogP contribution in [0, 0.1) is 52.3 Å². The average molecular weight is 411 g/mol. The van der Waals surface area contributed by atoms with E-state index in [0.717, 1.165) is 18.3 Å². The maximum Gasteiger partial charge on any atom is 0.0571 e.